The molecule has 1 fully saturated rings. The second-order valence-electron chi connectivity index (χ2n) is 5.80. The van der Waals surface area contributed by atoms with Gasteiger partial charge in [-0.25, -0.2) is 0 Å². The Balaban J connectivity index is 2.18. The first-order valence-electron chi connectivity index (χ1n) is 6.95. The van der Waals surface area contributed by atoms with E-state index in [9.17, 15) is 9.82 Å². The molecule has 0 spiro atoms. The first kappa shape index (κ1) is 15.3. The summed E-state index contributed by atoms with van der Waals surface area (Å²) in [6.07, 6.45) is 2.19. The standard InChI is InChI=1S/C13H22BN3O2S/c1-13(2,12(18)16-8-4-5-9-16)10-6-7-11(20-10)17(15)14(3)19/h6-7,19H,4-5,8-9,15H2,1-3H3. The molecule has 0 bridgehead atoms. The van der Waals surface area contributed by atoms with E-state index < -0.39 is 12.5 Å². The van der Waals surface area contributed by atoms with Crippen LogP contribution in [0.15, 0.2) is 12.1 Å². The van der Waals surface area contributed by atoms with Crippen molar-refractivity contribution in [3.63, 3.8) is 0 Å². The Morgan fingerprint density at radius 2 is 2.05 bits per heavy atom. The Bertz CT molecular complexity index is 484. The highest BCUT2D eigenvalue weighted by atomic mass is 32.1. The number of carbonyl (C=O) groups is 1. The van der Waals surface area contributed by atoms with Crippen LogP contribution in [0.2, 0.25) is 6.82 Å². The molecule has 5 nitrogen and oxygen atoms in total. The van der Waals surface area contributed by atoms with Crippen molar-refractivity contribution in [2.24, 2.45) is 5.84 Å². The number of likely N-dealkylation sites (tertiary alicyclic amines) is 1. The van der Waals surface area contributed by atoms with Crippen molar-refractivity contribution in [2.75, 3.05) is 18.0 Å². The molecule has 1 aliphatic heterocycles. The summed E-state index contributed by atoms with van der Waals surface area (Å²) in [4.78, 5) is 16.8. The van der Waals surface area contributed by atoms with Crippen LogP contribution < -0.4 is 10.8 Å². The van der Waals surface area contributed by atoms with Crippen LogP contribution in [0.5, 0.6) is 0 Å². The quantitative estimate of drug-likeness (QED) is 0.501. The maximum Gasteiger partial charge on any atom is 0.425 e. The number of thiophene rings is 1. The molecule has 1 aromatic heterocycles. The first-order valence-corrected chi connectivity index (χ1v) is 7.77. The molecule has 0 aliphatic carbocycles. The molecule has 1 aliphatic rings. The number of hydrazine groups is 1. The fourth-order valence-electron chi connectivity index (χ4n) is 2.41. The van der Waals surface area contributed by atoms with Gasteiger partial charge in [0.1, 0.15) is 0 Å². The number of hydrogen-bond acceptors (Lipinski definition) is 5. The monoisotopic (exact) mass is 295 g/mol. The molecule has 7 heteroatoms. The van der Waals surface area contributed by atoms with Crippen molar-refractivity contribution in [2.45, 2.75) is 38.9 Å². The number of carbonyl (C=O) groups excluding carboxylic acids is 1. The average molecular weight is 295 g/mol. The summed E-state index contributed by atoms with van der Waals surface area (Å²) >= 11 is 1.46. The molecular formula is C13H22BN3O2S. The summed E-state index contributed by atoms with van der Waals surface area (Å²) in [5.74, 6) is 5.96. The van der Waals surface area contributed by atoms with E-state index in [-0.39, 0.29) is 5.91 Å². The third-order valence-electron chi connectivity index (χ3n) is 3.79. The minimum absolute atomic E-state index is 0.170. The van der Waals surface area contributed by atoms with Crippen molar-refractivity contribution in [3.05, 3.63) is 17.0 Å². The van der Waals surface area contributed by atoms with Crippen molar-refractivity contribution in [3.8, 4) is 0 Å². The predicted octanol–water partition coefficient (Wildman–Crippen LogP) is 1.44. The number of hydrogen-bond donors (Lipinski definition) is 2. The van der Waals surface area contributed by atoms with E-state index in [1.54, 1.807) is 6.82 Å². The fraction of sp³-hybridized carbons (Fsp3) is 0.615. The van der Waals surface area contributed by atoms with Crippen LogP contribution in [-0.2, 0) is 10.2 Å². The highest BCUT2D eigenvalue weighted by Crippen LogP contribution is 2.36. The van der Waals surface area contributed by atoms with E-state index >= 15 is 0 Å². The molecule has 0 unspecified atom stereocenters. The molecular weight excluding hydrogens is 273 g/mol. The largest absolute Gasteiger partial charge is 0.432 e. The Morgan fingerprint density at radius 3 is 2.60 bits per heavy atom. The molecule has 1 amide bonds. The van der Waals surface area contributed by atoms with Crippen LogP contribution >= 0.6 is 11.3 Å². The Kier molecular flexibility index (Phi) is 4.41. The molecule has 3 N–H and O–H groups in total. The minimum atomic E-state index is -0.751. The van der Waals surface area contributed by atoms with Crippen LogP contribution in [0, 0.1) is 0 Å². The lowest BCUT2D eigenvalue weighted by Gasteiger charge is -2.28. The molecule has 2 rings (SSSR count). The third kappa shape index (κ3) is 2.84. The van der Waals surface area contributed by atoms with Gasteiger partial charge >= 0.3 is 7.05 Å². The number of rotatable bonds is 4. The Morgan fingerprint density at radius 1 is 1.45 bits per heavy atom. The summed E-state index contributed by atoms with van der Waals surface area (Å²) in [7, 11) is -0.751. The van der Waals surface area contributed by atoms with E-state index in [4.69, 9.17) is 5.84 Å². The lowest BCUT2D eigenvalue weighted by molar-refractivity contribution is -0.135. The maximum atomic E-state index is 12.6. The van der Waals surface area contributed by atoms with Crippen molar-refractivity contribution in [1.29, 1.82) is 0 Å². The van der Waals surface area contributed by atoms with Gasteiger partial charge in [-0.1, -0.05) is 0 Å². The van der Waals surface area contributed by atoms with Gasteiger partial charge in [0.2, 0.25) is 5.91 Å². The zero-order valence-corrected chi connectivity index (χ0v) is 13.1. The molecule has 110 valence electrons. The van der Waals surface area contributed by atoms with Gasteiger partial charge in [-0.15, -0.1) is 11.3 Å². The van der Waals surface area contributed by atoms with Crippen molar-refractivity contribution < 1.29 is 9.82 Å². The Labute approximate surface area is 124 Å². The van der Waals surface area contributed by atoms with Gasteiger partial charge in [0, 0.05) is 18.0 Å². The molecule has 1 aromatic rings. The van der Waals surface area contributed by atoms with E-state index in [1.807, 2.05) is 30.9 Å². The summed E-state index contributed by atoms with van der Waals surface area (Å²) in [5, 5.41) is 10.3. The molecule has 0 atom stereocenters. The summed E-state index contributed by atoms with van der Waals surface area (Å²) in [6, 6.07) is 3.78. The third-order valence-corrected chi connectivity index (χ3v) is 5.22. The van der Waals surface area contributed by atoms with Crippen LogP contribution in [0.1, 0.15) is 31.6 Å². The highest BCUT2D eigenvalue weighted by molar-refractivity contribution is 7.16. The lowest BCUT2D eigenvalue weighted by atomic mass is 9.88. The maximum absolute atomic E-state index is 12.6. The number of amides is 1. The first-order chi connectivity index (χ1) is 9.34. The minimum Gasteiger partial charge on any atom is -0.432 e. The molecule has 0 aromatic carbocycles. The molecule has 20 heavy (non-hydrogen) atoms. The zero-order chi connectivity index (χ0) is 14.9. The zero-order valence-electron chi connectivity index (χ0n) is 12.3. The number of nitrogens with two attached hydrogens (primary N) is 1. The summed E-state index contributed by atoms with van der Waals surface area (Å²) < 4.78 is 0. The second kappa shape index (κ2) is 5.75. The van der Waals surface area contributed by atoms with E-state index in [0.717, 1.165) is 35.8 Å². The van der Waals surface area contributed by atoms with Crippen LogP contribution in [0.4, 0.5) is 5.00 Å². The lowest BCUT2D eigenvalue weighted by Crippen LogP contribution is -2.42. The smallest absolute Gasteiger partial charge is 0.425 e. The second-order valence-corrected chi connectivity index (χ2v) is 6.86. The summed E-state index contributed by atoms with van der Waals surface area (Å²) in [6.45, 7) is 7.23. The van der Waals surface area contributed by atoms with Gasteiger partial charge in [0.15, 0.2) is 0 Å². The number of nitrogens with zero attached hydrogens (tertiary/aromatic N) is 2. The van der Waals surface area contributed by atoms with Gasteiger partial charge in [-0.05, 0) is 45.6 Å². The predicted molar refractivity (Wildman–Crippen MR) is 83.7 cm³/mol. The Hall–Kier alpha value is -1.05. The SMILES string of the molecule is CB(O)N(N)c1ccc(C(C)(C)C(=O)N2CCCC2)s1. The van der Waals surface area contributed by atoms with E-state index in [0.29, 0.717) is 0 Å². The summed E-state index contributed by atoms with van der Waals surface area (Å²) in [5.41, 5.74) is -0.549. The van der Waals surface area contributed by atoms with Gasteiger partial charge in [-0.3, -0.25) is 10.6 Å². The van der Waals surface area contributed by atoms with E-state index in [1.165, 1.54) is 16.3 Å². The van der Waals surface area contributed by atoms with Gasteiger partial charge < -0.3 is 14.8 Å². The van der Waals surface area contributed by atoms with Crippen LogP contribution in [0.25, 0.3) is 0 Å². The van der Waals surface area contributed by atoms with Gasteiger partial charge in [-0.2, -0.15) is 0 Å². The van der Waals surface area contributed by atoms with Crippen molar-refractivity contribution >= 4 is 29.3 Å². The van der Waals surface area contributed by atoms with Crippen molar-refractivity contribution in [1.82, 2.24) is 4.90 Å². The van der Waals surface area contributed by atoms with Gasteiger partial charge in [0.05, 0.1) is 10.4 Å². The van der Waals surface area contributed by atoms with E-state index in [2.05, 4.69) is 0 Å². The molecule has 0 radical (unpaired) electrons. The van der Waals surface area contributed by atoms with Crippen LogP contribution in [0.3, 0.4) is 0 Å². The molecule has 1 saturated heterocycles. The molecule has 0 saturated carbocycles. The normalized spacial score (nSPS) is 15.6. The number of anilines is 1. The average Bonchev–Trinajstić information content (AvgIpc) is 3.07. The fourth-order valence-corrected chi connectivity index (χ4v) is 3.51. The highest BCUT2D eigenvalue weighted by Gasteiger charge is 2.36. The van der Waals surface area contributed by atoms with Crippen LogP contribution in [-0.4, -0.2) is 36.0 Å². The topological polar surface area (TPSA) is 69.8 Å². The van der Waals surface area contributed by atoms with Gasteiger partial charge in [0.25, 0.3) is 0 Å². The molecule has 2 heterocycles.